The molecule has 3 aromatic heterocycles. The predicted molar refractivity (Wildman–Crippen MR) is 112 cm³/mol. The summed E-state index contributed by atoms with van der Waals surface area (Å²) < 4.78 is 13.8. The summed E-state index contributed by atoms with van der Waals surface area (Å²) in [6, 6.07) is 24.5. The molecule has 0 saturated heterocycles. The van der Waals surface area contributed by atoms with E-state index in [0.717, 1.165) is 49.9 Å². The first-order valence-corrected chi connectivity index (χ1v) is 9.19. The van der Waals surface area contributed by atoms with Crippen molar-refractivity contribution >= 4 is 43.7 Å². The molecule has 3 heterocycles. The molecule has 0 unspecified atom stereocenters. The molecule has 0 radical (unpaired) electrons. The molecule has 6 aromatic rings. The van der Waals surface area contributed by atoms with Gasteiger partial charge in [-0.15, -0.1) is 0 Å². The lowest BCUT2D eigenvalue weighted by atomic mass is 10.1. The van der Waals surface area contributed by atoms with Gasteiger partial charge in [0.1, 0.15) is 22.7 Å². The smallest absolute Gasteiger partial charge is 0.137 e. The number of pyridine rings is 1. The van der Waals surface area contributed by atoms with Crippen LogP contribution in [0.5, 0.6) is 5.75 Å². The molecule has 6 rings (SSSR count). The number of benzene rings is 3. The van der Waals surface area contributed by atoms with E-state index in [2.05, 4.69) is 39.9 Å². The van der Waals surface area contributed by atoms with Crippen LogP contribution in [0.2, 0.25) is 0 Å². The Morgan fingerprint density at radius 2 is 1.68 bits per heavy atom. The Morgan fingerprint density at radius 1 is 0.821 bits per heavy atom. The van der Waals surface area contributed by atoms with E-state index in [1.165, 1.54) is 5.39 Å². The topological polar surface area (TPSA) is 40.2 Å². The normalized spacial score (nSPS) is 11.8. The number of hydrogen-bond acceptors (Lipinski definition) is 3. The van der Waals surface area contributed by atoms with Crippen molar-refractivity contribution in [1.29, 1.82) is 0 Å². The van der Waals surface area contributed by atoms with E-state index in [9.17, 15) is 0 Å². The van der Waals surface area contributed by atoms with Gasteiger partial charge in [-0.2, -0.15) is 0 Å². The zero-order valence-electron chi connectivity index (χ0n) is 15.2. The SMILES string of the molecule is COc1ccc2c3ccc4oc5ccccc5c4c3n(-c3ccccn3)c2c1. The van der Waals surface area contributed by atoms with Gasteiger partial charge in [-0.25, -0.2) is 4.98 Å². The van der Waals surface area contributed by atoms with E-state index < -0.39 is 0 Å². The molecule has 3 aromatic carbocycles. The van der Waals surface area contributed by atoms with Gasteiger partial charge >= 0.3 is 0 Å². The third-order valence-corrected chi connectivity index (χ3v) is 5.35. The van der Waals surface area contributed by atoms with Gasteiger partial charge in [0, 0.05) is 28.4 Å². The molecule has 4 heteroatoms. The second kappa shape index (κ2) is 5.60. The molecular formula is C24H16N2O2. The van der Waals surface area contributed by atoms with Crippen LogP contribution in [0, 0.1) is 0 Å². The van der Waals surface area contributed by atoms with Crippen LogP contribution in [0.15, 0.2) is 83.4 Å². The molecule has 0 N–H and O–H groups in total. The van der Waals surface area contributed by atoms with Crippen LogP contribution in [-0.4, -0.2) is 16.7 Å². The second-order valence-corrected chi connectivity index (χ2v) is 6.84. The van der Waals surface area contributed by atoms with Crippen LogP contribution in [0.1, 0.15) is 0 Å². The highest BCUT2D eigenvalue weighted by molar-refractivity contribution is 6.24. The van der Waals surface area contributed by atoms with Gasteiger partial charge in [0.2, 0.25) is 0 Å². The van der Waals surface area contributed by atoms with Crippen molar-refractivity contribution in [1.82, 2.24) is 9.55 Å². The highest BCUT2D eigenvalue weighted by Gasteiger charge is 2.19. The molecule has 0 aliphatic carbocycles. The third-order valence-electron chi connectivity index (χ3n) is 5.35. The highest BCUT2D eigenvalue weighted by Crippen LogP contribution is 2.41. The average molecular weight is 364 g/mol. The molecule has 0 fully saturated rings. The van der Waals surface area contributed by atoms with E-state index >= 15 is 0 Å². The summed E-state index contributed by atoms with van der Waals surface area (Å²) in [5, 5.41) is 4.54. The van der Waals surface area contributed by atoms with Gasteiger partial charge < -0.3 is 9.15 Å². The van der Waals surface area contributed by atoms with E-state index in [1.807, 2.05) is 48.7 Å². The average Bonchev–Trinajstić information content (AvgIpc) is 3.29. The Bertz CT molecular complexity index is 1490. The number of para-hydroxylation sites is 1. The minimum Gasteiger partial charge on any atom is -0.497 e. The summed E-state index contributed by atoms with van der Waals surface area (Å²) in [6.45, 7) is 0. The van der Waals surface area contributed by atoms with Crippen molar-refractivity contribution in [2.45, 2.75) is 0 Å². The Balaban J connectivity index is 1.92. The van der Waals surface area contributed by atoms with Crippen LogP contribution in [0.3, 0.4) is 0 Å². The van der Waals surface area contributed by atoms with Crippen molar-refractivity contribution < 1.29 is 9.15 Å². The fourth-order valence-electron chi connectivity index (χ4n) is 4.14. The molecule has 0 atom stereocenters. The summed E-state index contributed by atoms with van der Waals surface area (Å²) in [5.41, 5.74) is 3.93. The van der Waals surface area contributed by atoms with Crippen LogP contribution < -0.4 is 4.74 Å². The monoisotopic (exact) mass is 364 g/mol. The molecule has 0 aliphatic heterocycles. The zero-order chi connectivity index (χ0) is 18.7. The van der Waals surface area contributed by atoms with Crippen LogP contribution >= 0.6 is 0 Å². The molecule has 0 bridgehead atoms. The molecule has 28 heavy (non-hydrogen) atoms. The van der Waals surface area contributed by atoms with Gasteiger partial charge in [-0.1, -0.05) is 24.3 Å². The van der Waals surface area contributed by atoms with Crippen molar-refractivity contribution in [3.8, 4) is 11.6 Å². The van der Waals surface area contributed by atoms with Crippen molar-refractivity contribution in [3.05, 3.63) is 79.0 Å². The quantitative estimate of drug-likeness (QED) is 0.373. The van der Waals surface area contributed by atoms with Crippen LogP contribution in [0.25, 0.3) is 49.6 Å². The zero-order valence-corrected chi connectivity index (χ0v) is 15.2. The summed E-state index contributed by atoms with van der Waals surface area (Å²) in [4.78, 5) is 4.64. The number of furan rings is 1. The maximum atomic E-state index is 6.13. The van der Waals surface area contributed by atoms with E-state index in [4.69, 9.17) is 9.15 Å². The maximum Gasteiger partial charge on any atom is 0.137 e. The molecule has 0 saturated carbocycles. The summed E-state index contributed by atoms with van der Waals surface area (Å²) in [6.07, 6.45) is 1.82. The molecule has 134 valence electrons. The first kappa shape index (κ1) is 15.3. The lowest BCUT2D eigenvalue weighted by molar-refractivity contribution is 0.415. The summed E-state index contributed by atoms with van der Waals surface area (Å²) >= 11 is 0. The van der Waals surface area contributed by atoms with E-state index in [1.54, 1.807) is 7.11 Å². The lowest BCUT2D eigenvalue weighted by Gasteiger charge is -2.08. The minimum atomic E-state index is 0.820. The minimum absolute atomic E-state index is 0.820. The second-order valence-electron chi connectivity index (χ2n) is 6.84. The van der Waals surface area contributed by atoms with E-state index in [-0.39, 0.29) is 0 Å². The number of nitrogens with zero attached hydrogens (tertiary/aromatic N) is 2. The Kier molecular flexibility index (Phi) is 3.06. The largest absolute Gasteiger partial charge is 0.497 e. The van der Waals surface area contributed by atoms with Gasteiger partial charge in [0.25, 0.3) is 0 Å². The molecule has 0 amide bonds. The fourth-order valence-corrected chi connectivity index (χ4v) is 4.14. The van der Waals surface area contributed by atoms with Gasteiger partial charge in [0.15, 0.2) is 0 Å². The van der Waals surface area contributed by atoms with Crippen molar-refractivity contribution in [2.75, 3.05) is 7.11 Å². The number of methoxy groups -OCH3 is 1. The van der Waals surface area contributed by atoms with Crippen molar-refractivity contribution in [3.63, 3.8) is 0 Å². The standard InChI is InChI=1S/C24H16N2O2/c1-27-15-9-10-16-17-11-12-21-23(18-6-2-3-7-20(18)28-21)24(17)26(19(16)14-15)22-8-4-5-13-25-22/h2-14H,1H3. The van der Waals surface area contributed by atoms with Gasteiger partial charge in [-0.05, 0) is 42.5 Å². The predicted octanol–water partition coefficient (Wildman–Crippen LogP) is 6.09. The number of hydrogen-bond donors (Lipinski definition) is 0. The van der Waals surface area contributed by atoms with E-state index in [0.29, 0.717) is 0 Å². The Hall–Kier alpha value is -3.79. The fraction of sp³-hybridized carbons (Fsp3) is 0.0417. The molecule has 4 nitrogen and oxygen atoms in total. The van der Waals surface area contributed by atoms with Gasteiger partial charge in [0.05, 0.1) is 23.5 Å². The molecular weight excluding hydrogens is 348 g/mol. The highest BCUT2D eigenvalue weighted by atomic mass is 16.5. The lowest BCUT2D eigenvalue weighted by Crippen LogP contribution is -1.97. The maximum absolute atomic E-state index is 6.13. The summed E-state index contributed by atoms with van der Waals surface area (Å²) in [7, 11) is 1.69. The van der Waals surface area contributed by atoms with Crippen LogP contribution in [0.4, 0.5) is 0 Å². The van der Waals surface area contributed by atoms with Gasteiger partial charge in [-0.3, -0.25) is 4.57 Å². The first-order valence-electron chi connectivity index (χ1n) is 9.19. The summed E-state index contributed by atoms with van der Waals surface area (Å²) in [5.74, 6) is 1.69. The molecule has 0 spiro atoms. The molecule has 0 aliphatic rings. The van der Waals surface area contributed by atoms with Crippen molar-refractivity contribution in [2.24, 2.45) is 0 Å². The Morgan fingerprint density at radius 3 is 2.54 bits per heavy atom. The number of rotatable bonds is 2. The first-order chi connectivity index (χ1) is 13.8. The Labute approximate surface area is 160 Å². The number of fused-ring (bicyclic) bond motifs is 7. The number of aromatic nitrogens is 2. The third kappa shape index (κ3) is 1.97. The number of ether oxygens (including phenoxy) is 1. The van der Waals surface area contributed by atoms with Crippen LogP contribution in [-0.2, 0) is 0 Å².